The monoisotopic (exact) mass is 495 g/mol. The summed E-state index contributed by atoms with van der Waals surface area (Å²) >= 11 is 17.8. The molecule has 1 aliphatic carbocycles. The number of halogens is 3. The minimum atomic E-state index is -0.456. The van der Waals surface area contributed by atoms with Crippen LogP contribution in [0.25, 0.3) is 0 Å². The number of hydrogen-bond acceptors (Lipinski definition) is 4. The fraction of sp³-hybridized carbons (Fsp3) is 0.348. The van der Waals surface area contributed by atoms with Crippen LogP contribution in [-0.2, 0) is 9.59 Å². The Morgan fingerprint density at radius 2 is 1.66 bits per heavy atom. The number of hydrogen-bond donors (Lipinski definition) is 2. The number of rotatable bonds is 7. The van der Waals surface area contributed by atoms with Crippen LogP contribution in [0, 0.1) is 5.92 Å². The molecule has 0 bridgehead atoms. The van der Waals surface area contributed by atoms with E-state index >= 15 is 0 Å². The van der Waals surface area contributed by atoms with Crippen LogP contribution in [0.2, 0.25) is 15.1 Å². The number of nitrogens with one attached hydrogen (secondary N) is 2. The molecular weight excluding hydrogens is 473 g/mol. The fourth-order valence-electron chi connectivity index (χ4n) is 3.41. The number of anilines is 1. The van der Waals surface area contributed by atoms with Crippen LogP contribution in [0.1, 0.15) is 44.6 Å². The zero-order chi connectivity index (χ0) is 23.1. The molecule has 0 spiro atoms. The lowest BCUT2D eigenvalue weighted by atomic mass is 9.88. The molecule has 1 fully saturated rings. The highest BCUT2D eigenvalue weighted by Crippen LogP contribution is 2.33. The molecule has 0 saturated heterocycles. The summed E-state index contributed by atoms with van der Waals surface area (Å²) in [7, 11) is 0. The van der Waals surface area contributed by atoms with Crippen molar-refractivity contribution in [2.24, 2.45) is 11.0 Å². The van der Waals surface area contributed by atoms with Gasteiger partial charge in [0.25, 0.3) is 5.91 Å². The first-order valence-electron chi connectivity index (χ1n) is 10.4. The van der Waals surface area contributed by atoms with Gasteiger partial charge in [0.1, 0.15) is 5.75 Å². The Balaban J connectivity index is 1.50. The van der Waals surface area contributed by atoms with Crippen LogP contribution in [0.4, 0.5) is 5.69 Å². The highest BCUT2D eigenvalue weighted by atomic mass is 35.5. The van der Waals surface area contributed by atoms with Crippen molar-refractivity contribution in [2.75, 3.05) is 11.9 Å². The van der Waals surface area contributed by atoms with Crippen molar-refractivity contribution in [1.29, 1.82) is 0 Å². The van der Waals surface area contributed by atoms with E-state index < -0.39 is 5.91 Å². The van der Waals surface area contributed by atoms with E-state index in [1.54, 1.807) is 6.92 Å². The first kappa shape index (κ1) is 24.4. The maximum Gasteiger partial charge on any atom is 0.277 e. The highest BCUT2D eigenvalue weighted by Gasteiger charge is 2.21. The summed E-state index contributed by atoms with van der Waals surface area (Å²) in [6.07, 6.45) is 5.35. The molecule has 1 aliphatic rings. The Labute approximate surface area is 202 Å². The molecule has 1 saturated carbocycles. The predicted octanol–water partition coefficient (Wildman–Crippen LogP) is 6.08. The zero-order valence-corrected chi connectivity index (χ0v) is 19.9. The van der Waals surface area contributed by atoms with E-state index in [0.29, 0.717) is 10.7 Å². The van der Waals surface area contributed by atoms with Gasteiger partial charge in [-0.25, -0.2) is 5.43 Å². The van der Waals surface area contributed by atoms with Crippen LogP contribution in [-0.4, -0.2) is 24.1 Å². The summed E-state index contributed by atoms with van der Waals surface area (Å²) in [5.41, 5.74) is 4.60. The van der Waals surface area contributed by atoms with Crippen molar-refractivity contribution in [3.05, 3.63) is 57.0 Å². The third-order valence-corrected chi connectivity index (χ3v) is 6.25. The lowest BCUT2D eigenvalue weighted by Crippen LogP contribution is -2.25. The first-order chi connectivity index (χ1) is 15.3. The SMILES string of the molecule is C/C(=N/NC(=O)COc1cc(Cl)c(Cl)cc1Cl)c1ccc(NC(=O)C2CCCCC2)cc1. The van der Waals surface area contributed by atoms with Crippen LogP contribution in [0.3, 0.4) is 0 Å². The molecule has 0 aliphatic heterocycles. The lowest BCUT2D eigenvalue weighted by Gasteiger charge is -2.20. The van der Waals surface area contributed by atoms with Crippen molar-refractivity contribution in [1.82, 2.24) is 5.43 Å². The summed E-state index contributed by atoms with van der Waals surface area (Å²) in [4.78, 5) is 24.4. The Kier molecular flexibility index (Phi) is 8.79. The molecule has 0 radical (unpaired) electrons. The molecule has 6 nitrogen and oxygen atoms in total. The molecule has 2 amide bonds. The minimum absolute atomic E-state index is 0.0807. The average molecular weight is 497 g/mol. The predicted molar refractivity (Wildman–Crippen MR) is 129 cm³/mol. The van der Waals surface area contributed by atoms with E-state index in [0.717, 1.165) is 36.9 Å². The van der Waals surface area contributed by atoms with Gasteiger partial charge >= 0.3 is 0 Å². The number of carbonyl (C=O) groups excluding carboxylic acids is 2. The van der Waals surface area contributed by atoms with E-state index in [2.05, 4.69) is 15.8 Å². The number of nitrogens with zero attached hydrogens (tertiary/aromatic N) is 1. The summed E-state index contributed by atoms with van der Waals surface area (Å²) in [5, 5.41) is 7.90. The largest absolute Gasteiger partial charge is 0.482 e. The van der Waals surface area contributed by atoms with Gasteiger partial charge in [0.2, 0.25) is 5.91 Å². The summed E-state index contributed by atoms with van der Waals surface area (Å²) in [6, 6.07) is 10.2. The van der Waals surface area contributed by atoms with E-state index in [4.69, 9.17) is 39.5 Å². The van der Waals surface area contributed by atoms with Gasteiger partial charge in [-0.2, -0.15) is 5.10 Å². The van der Waals surface area contributed by atoms with Gasteiger partial charge in [0.15, 0.2) is 6.61 Å². The van der Waals surface area contributed by atoms with E-state index in [-0.39, 0.29) is 34.2 Å². The van der Waals surface area contributed by atoms with Gasteiger partial charge in [-0.05, 0) is 43.5 Å². The highest BCUT2D eigenvalue weighted by molar-refractivity contribution is 6.43. The van der Waals surface area contributed by atoms with Gasteiger partial charge in [0.05, 0.1) is 20.8 Å². The molecule has 2 aromatic rings. The molecule has 9 heteroatoms. The van der Waals surface area contributed by atoms with E-state index in [1.165, 1.54) is 18.6 Å². The number of benzene rings is 2. The maximum absolute atomic E-state index is 12.4. The van der Waals surface area contributed by atoms with Crippen LogP contribution in [0.15, 0.2) is 41.5 Å². The molecule has 2 N–H and O–H groups in total. The Morgan fingerprint density at radius 3 is 2.34 bits per heavy atom. The summed E-state index contributed by atoms with van der Waals surface area (Å²) in [5.74, 6) is -0.0225. The molecular formula is C23H24Cl3N3O3. The molecule has 3 rings (SSSR count). The van der Waals surface area contributed by atoms with Gasteiger partial charge in [0, 0.05) is 17.7 Å². The van der Waals surface area contributed by atoms with Gasteiger partial charge in [-0.3, -0.25) is 9.59 Å². The van der Waals surface area contributed by atoms with Gasteiger partial charge in [-0.15, -0.1) is 0 Å². The number of ether oxygens (including phenoxy) is 1. The summed E-state index contributed by atoms with van der Waals surface area (Å²) < 4.78 is 5.38. The van der Waals surface area contributed by atoms with E-state index in [9.17, 15) is 9.59 Å². The fourth-order valence-corrected chi connectivity index (χ4v) is 4.00. The van der Waals surface area contributed by atoms with Gasteiger partial charge in [-0.1, -0.05) is 66.2 Å². The van der Waals surface area contributed by atoms with Crippen molar-refractivity contribution >= 4 is 58.0 Å². The Hall–Kier alpha value is -2.28. The molecule has 32 heavy (non-hydrogen) atoms. The second-order valence-corrected chi connectivity index (χ2v) is 8.84. The van der Waals surface area contributed by atoms with Crippen molar-refractivity contribution in [3.8, 4) is 5.75 Å². The van der Waals surface area contributed by atoms with Crippen molar-refractivity contribution in [3.63, 3.8) is 0 Å². The lowest BCUT2D eigenvalue weighted by molar-refractivity contribution is -0.123. The number of amides is 2. The van der Waals surface area contributed by atoms with Crippen LogP contribution in [0.5, 0.6) is 5.75 Å². The van der Waals surface area contributed by atoms with Crippen molar-refractivity contribution in [2.45, 2.75) is 39.0 Å². The third kappa shape index (κ3) is 6.86. The van der Waals surface area contributed by atoms with E-state index in [1.807, 2.05) is 24.3 Å². The molecule has 0 heterocycles. The number of hydrazone groups is 1. The molecule has 170 valence electrons. The average Bonchev–Trinajstić information content (AvgIpc) is 2.80. The topological polar surface area (TPSA) is 79.8 Å². The second kappa shape index (κ2) is 11.5. The molecule has 0 aromatic heterocycles. The molecule has 0 unspecified atom stereocenters. The summed E-state index contributed by atoms with van der Waals surface area (Å²) in [6.45, 7) is 1.48. The van der Waals surface area contributed by atoms with Crippen LogP contribution >= 0.6 is 34.8 Å². The molecule has 0 atom stereocenters. The number of carbonyl (C=O) groups is 2. The smallest absolute Gasteiger partial charge is 0.277 e. The Bertz CT molecular complexity index is 1000. The second-order valence-electron chi connectivity index (χ2n) is 7.62. The third-order valence-electron chi connectivity index (χ3n) is 5.23. The molecule has 2 aromatic carbocycles. The maximum atomic E-state index is 12.4. The van der Waals surface area contributed by atoms with Gasteiger partial charge < -0.3 is 10.1 Å². The Morgan fingerprint density at radius 1 is 1.00 bits per heavy atom. The van der Waals surface area contributed by atoms with Crippen LogP contribution < -0.4 is 15.5 Å². The first-order valence-corrected chi connectivity index (χ1v) is 11.5. The normalized spacial score (nSPS) is 14.7. The minimum Gasteiger partial charge on any atom is -0.482 e. The quantitative estimate of drug-likeness (QED) is 0.277. The standard InChI is InChI=1S/C23H24Cl3N3O3/c1-14(28-29-22(30)13-32-21-12-19(25)18(24)11-20(21)26)15-7-9-17(10-8-15)27-23(31)16-5-3-2-4-6-16/h7-12,16H,2-6,13H2,1H3,(H,27,31)(H,29,30)/b28-14-. The van der Waals surface area contributed by atoms with Crippen molar-refractivity contribution < 1.29 is 14.3 Å². The zero-order valence-electron chi connectivity index (χ0n) is 17.6.